The van der Waals surface area contributed by atoms with Gasteiger partial charge >= 0.3 is 6.03 Å². The molecular weight excluding hydrogens is 276 g/mol. The molecular formula is C17H26N4O. The van der Waals surface area contributed by atoms with Crippen molar-refractivity contribution in [1.82, 2.24) is 20.5 Å². The summed E-state index contributed by atoms with van der Waals surface area (Å²) in [5.74, 6) is 0. The second kappa shape index (κ2) is 7.94. The van der Waals surface area contributed by atoms with Gasteiger partial charge in [0.2, 0.25) is 0 Å². The Morgan fingerprint density at radius 1 is 1.50 bits per heavy atom. The maximum atomic E-state index is 12.1. The number of rotatable bonds is 5. The van der Waals surface area contributed by atoms with Crippen molar-refractivity contribution in [2.24, 2.45) is 0 Å². The number of carbonyl (C=O) groups excluding carboxylic acids is 1. The van der Waals surface area contributed by atoms with E-state index in [1.165, 1.54) is 5.57 Å². The number of nitrogens with zero attached hydrogens (tertiary/aromatic N) is 2. The normalized spacial score (nSPS) is 17.7. The molecule has 1 aromatic rings. The molecule has 2 amide bonds. The molecule has 1 fully saturated rings. The Labute approximate surface area is 132 Å². The zero-order valence-electron chi connectivity index (χ0n) is 13.5. The average Bonchev–Trinajstić information content (AvgIpc) is 2.49. The van der Waals surface area contributed by atoms with Crippen LogP contribution in [0, 0.1) is 0 Å². The van der Waals surface area contributed by atoms with Crippen LogP contribution in [0.25, 0.3) is 0 Å². The van der Waals surface area contributed by atoms with Crippen molar-refractivity contribution >= 4 is 6.03 Å². The summed E-state index contributed by atoms with van der Waals surface area (Å²) < 4.78 is 0. The number of nitrogens with one attached hydrogen (secondary N) is 2. The van der Waals surface area contributed by atoms with Gasteiger partial charge in [0.15, 0.2) is 0 Å². The topological polar surface area (TPSA) is 57.3 Å². The fourth-order valence-electron chi connectivity index (χ4n) is 2.76. The van der Waals surface area contributed by atoms with E-state index in [1.807, 2.05) is 19.1 Å². The predicted octanol–water partition coefficient (Wildman–Crippen LogP) is 2.48. The van der Waals surface area contributed by atoms with E-state index in [0.717, 1.165) is 38.0 Å². The highest BCUT2D eigenvalue weighted by Crippen LogP contribution is 2.13. The van der Waals surface area contributed by atoms with Crippen molar-refractivity contribution in [1.29, 1.82) is 0 Å². The molecule has 0 spiro atoms. The van der Waals surface area contributed by atoms with Crippen LogP contribution < -0.4 is 10.6 Å². The van der Waals surface area contributed by atoms with Crippen LogP contribution in [0.5, 0.6) is 0 Å². The Morgan fingerprint density at radius 2 is 2.23 bits per heavy atom. The van der Waals surface area contributed by atoms with E-state index in [9.17, 15) is 4.79 Å². The molecule has 5 nitrogen and oxygen atoms in total. The molecule has 22 heavy (non-hydrogen) atoms. The first kappa shape index (κ1) is 16.5. The summed E-state index contributed by atoms with van der Waals surface area (Å²) >= 11 is 0. The summed E-state index contributed by atoms with van der Waals surface area (Å²) in [6.45, 7) is 10.9. The third-order valence-corrected chi connectivity index (χ3v) is 3.95. The number of amides is 2. The van der Waals surface area contributed by atoms with Crippen molar-refractivity contribution in [2.75, 3.05) is 19.6 Å². The maximum absolute atomic E-state index is 12.1. The van der Waals surface area contributed by atoms with Gasteiger partial charge in [0.1, 0.15) is 0 Å². The van der Waals surface area contributed by atoms with Gasteiger partial charge in [-0.15, -0.1) is 0 Å². The quantitative estimate of drug-likeness (QED) is 0.822. The van der Waals surface area contributed by atoms with Gasteiger partial charge in [0, 0.05) is 38.1 Å². The van der Waals surface area contributed by atoms with Crippen LogP contribution in [-0.2, 0) is 0 Å². The molecule has 5 heteroatoms. The van der Waals surface area contributed by atoms with Gasteiger partial charge in [-0.25, -0.2) is 4.79 Å². The van der Waals surface area contributed by atoms with Gasteiger partial charge in [-0.05, 0) is 38.3 Å². The monoisotopic (exact) mass is 302 g/mol. The van der Waals surface area contributed by atoms with Gasteiger partial charge in [-0.2, -0.15) is 0 Å². The minimum absolute atomic E-state index is 0.0443. The second-order valence-corrected chi connectivity index (χ2v) is 6.13. The molecule has 0 bridgehead atoms. The molecule has 0 aliphatic carbocycles. The fourth-order valence-corrected chi connectivity index (χ4v) is 2.76. The van der Waals surface area contributed by atoms with Crippen LogP contribution in [-0.4, -0.2) is 41.6 Å². The number of urea groups is 1. The van der Waals surface area contributed by atoms with Crippen LogP contribution in [0.4, 0.5) is 4.79 Å². The average molecular weight is 302 g/mol. The molecule has 1 unspecified atom stereocenters. The maximum Gasteiger partial charge on any atom is 0.315 e. The number of hydrogen-bond acceptors (Lipinski definition) is 3. The number of piperidine rings is 1. The summed E-state index contributed by atoms with van der Waals surface area (Å²) in [5, 5.41) is 6.04. The molecule has 1 aliphatic rings. The zero-order valence-corrected chi connectivity index (χ0v) is 13.5. The highest BCUT2D eigenvalue weighted by atomic mass is 16.2. The first-order valence-corrected chi connectivity index (χ1v) is 7.88. The van der Waals surface area contributed by atoms with E-state index in [1.54, 1.807) is 12.4 Å². The van der Waals surface area contributed by atoms with Crippen LogP contribution >= 0.6 is 0 Å². The summed E-state index contributed by atoms with van der Waals surface area (Å²) in [6, 6.07) is 3.95. The molecule has 120 valence electrons. The van der Waals surface area contributed by atoms with Gasteiger partial charge in [-0.1, -0.05) is 18.2 Å². The van der Waals surface area contributed by atoms with Crippen LogP contribution in [0.3, 0.4) is 0 Å². The van der Waals surface area contributed by atoms with Crippen molar-refractivity contribution in [3.63, 3.8) is 0 Å². The Morgan fingerprint density at radius 3 is 2.82 bits per heavy atom. The number of hydrogen-bond donors (Lipinski definition) is 2. The predicted molar refractivity (Wildman–Crippen MR) is 88.6 cm³/mol. The van der Waals surface area contributed by atoms with E-state index in [0.29, 0.717) is 0 Å². The highest BCUT2D eigenvalue weighted by molar-refractivity contribution is 5.74. The Bertz CT molecular complexity index is 495. The smallest absolute Gasteiger partial charge is 0.315 e. The van der Waals surface area contributed by atoms with E-state index < -0.39 is 0 Å². The van der Waals surface area contributed by atoms with E-state index in [-0.39, 0.29) is 18.1 Å². The largest absolute Gasteiger partial charge is 0.335 e. The third kappa shape index (κ3) is 5.15. The molecule has 1 atom stereocenters. The van der Waals surface area contributed by atoms with Crippen LogP contribution in [0.1, 0.15) is 38.3 Å². The lowest BCUT2D eigenvalue weighted by molar-refractivity contribution is 0.200. The Hall–Kier alpha value is -1.88. The lowest BCUT2D eigenvalue weighted by atomic mass is 10.0. The summed E-state index contributed by atoms with van der Waals surface area (Å²) in [7, 11) is 0. The lowest BCUT2D eigenvalue weighted by Gasteiger charge is -2.32. The highest BCUT2D eigenvalue weighted by Gasteiger charge is 2.21. The number of likely N-dealkylation sites (tertiary alicyclic amines) is 1. The summed E-state index contributed by atoms with van der Waals surface area (Å²) in [4.78, 5) is 18.5. The fraction of sp³-hybridized carbons (Fsp3) is 0.529. The number of pyridine rings is 1. The molecule has 0 aromatic carbocycles. The molecule has 2 rings (SSSR count). The zero-order chi connectivity index (χ0) is 15.9. The third-order valence-electron chi connectivity index (χ3n) is 3.95. The molecule has 0 radical (unpaired) electrons. The summed E-state index contributed by atoms with van der Waals surface area (Å²) in [5.41, 5.74) is 2.20. The van der Waals surface area contributed by atoms with E-state index in [2.05, 4.69) is 34.0 Å². The molecule has 1 aromatic heterocycles. The molecule has 1 aliphatic heterocycles. The van der Waals surface area contributed by atoms with Crippen LogP contribution in [0.2, 0.25) is 0 Å². The lowest BCUT2D eigenvalue weighted by Crippen LogP contribution is -2.48. The van der Waals surface area contributed by atoms with E-state index >= 15 is 0 Å². The summed E-state index contributed by atoms with van der Waals surface area (Å²) in [6.07, 6.45) is 5.49. The minimum atomic E-state index is -0.102. The van der Waals surface area contributed by atoms with Crippen molar-refractivity contribution in [2.45, 2.75) is 38.8 Å². The first-order valence-electron chi connectivity index (χ1n) is 7.88. The van der Waals surface area contributed by atoms with Crippen molar-refractivity contribution in [3.05, 3.63) is 42.2 Å². The standard InChI is InChI=1S/C17H26N4O/c1-13(2)12-21-9-6-16(7-10-21)20-17(22)19-14(3)15-5-4-8-18-11-15/h4-5,8,11,14,16H,1,6-7,9-10,12H2,2-3H3,(H2,19,20,22). The van der Waals surface area contributed by atoms with Gasteiger partial charge in [-0.3, -0.25) is 9.88 Å². The van der Waals surface area contributed by atoms with Crippen molar-refractivity contribution < 1.29 is 4.79 Å². The van der Waals surface area contributed by atoms with Gasteiger partial charge in [0.05, 0.1) is 6.04 Å². The van der Waals surface area contributed by atoms with Crippen molar-refractivity contribution in [3.8, 4) is 0 Å². The first-order chi connectivity index (χ1) is 10.5. The van der Waals surface area contributed by atoms with Gasteiger partial charge < -0.3 is 10.6 Å². The molecule has 1 saturated heterocycles. The second-order valence-electron chi connectivity index (χ2n) is 6.13. The minimum Gasteiger partial charge on any atom is -0.335 e. The number of aromatic nitrogens is 1. The Kier molecular flexibility index (Phi) is 5.95. The molecule has 0 saturated carbocycles. The SMILES string of the molecule is C=C(C)CN1CCC(NC(=O)NC(C)c2cccnc2)CC1. The molecule has 2 N–H and O–H groups in total. The van der Waals surface area contributed by atoms with E-state index in [4.69, 9.17) is 0 Å². The Balaban J connectivity index is 1.73. The van der Waals surface area contributed by atoms with Gasteiger partial charge in [0.25, 0.3) is 0 Å². The number of carbonyl (C=O) groups is 1. The molecule has 2 heterocycles. The van der Waals surface area contributed by atoms with Crippen LogP contribution in [0.15, 0.2) is 36.7 Å².